The van der Waals surface area contributed by atoms with Gasteiger partial charge in [0.15, 0.2) is 0 Å². The molecule has 3 aliphatic heterocycles. The molecule has 28 heavy (non-hydrogen) atoms. The van der Waals surface area contributed by atoms with Gasteiger partial charge in [-0.1, -0.05) is 12.1 Å². The Morgan fingerprint density at radius 2 is 1.82 bits per heavy atom. The highest BCUT2D eigenvalue weighted by Crippen LogP contribution is 2.45. The van der Waals surface area contributed by atoms with Crippen LogP contribution in [0.3, 0.4) is 0 Å². The van der Waals surface area contributed by atoms with Crippen LogP contribution in [0.4, 0.5) is 0 Å². The van der Waals surface area contributed by atoms with E-state index in [2.05, 4.69) is 5.32 Å². The van der Waals surface area contributed by atoms with E-state index in [1.54, 1.807) is 12.1 Å². The van der Waals surface area contributed by atoms with Gasteiger partial charge in [0.2, 0.25) is 5.91 Å². The lowest BCUT2D eigenvalue weighted by Crippen LogP contribution is -2.52. The number of fused-ring (bicyclic) bond motifs is 2. The number of nitrogens with one attached hydrogen (secondary N) is 1. The maximum Gasteiger partial charge on any atom is 0.317 e. The number of rotatable bonds is 5. The van der Waals surface area contributed by atoms with Gasteiger partial charge < -0.3 is 25.4 Å². The minimum absolute atomic E-state index is 0.0305. The van der Waals surface area contributed by atoms with Crippen LogP contribution in [0.2, 0.25) is 0 Å². The van der Waals surface area contributed by atoms with Crippen LogP contribution in [0, 0.1) is 11.8 Å². The number of carbonyl (C=O) groups is 2. The summed E-state index contributed by atoms with van der Waals surface area (Å²) < 4.78 is 11.6. The van der Waals surface area contributed by atoms with Gasteiger partial charge in [-0.05, 0) is 43.9 Å². The van der Waals surface area contributed by atoms with E-state index in [1.807, 2.05) is 24.0 Å². The zero-order valence-electron chi connectivity index (χ0n) is 16.3. The molecule has 3 heterocycles. The van der Waals surface area contributed by atoms with E-state index in [0.717, 1.165) is 37.9 Å². The molecule has 2 bridgehead atoms. The van der Waals surface area contributed by atoms with Crippen molar-refractivity contribution >= 4 is 11.9 Å². The maximum atomic E-state index is 13.1. The van der Waals surface area contributed by atoms with Gasteiger partial charge in [0.25, 0.3) is 0 Å². The summed E-state index contributed by atoms with van der Waals surface area (Å²) in [4.78, 5) is 27.9. The molecule has 5 atom stereocenters. The Morgan fingerprint density at radius 3 is 2.46 bits per heavy atom. The van der Waals surface area contributed by atoms with E-state index in [1.165, 1.54) is 0 Å². The van der Waals surface area contributed by atoms with Crippen molar-refractivity contribution in [2.45, 2.75) is 44.4 Å². The molecule has 1 aromatic rings. The Labute approximate surface area is 165 Å². The van der Waals surface area contributed by atoms with Crippen molar-refractivity contribution in [1.82, 2.24) is 10.2 Å². The minimum atomic E-state index is -0.523. The third kappa shape index (κ3) is 3.92. The van der Waals surface area contributed by atoms with E-state index in [9.17, 15) is 9.59 Å². The van der Waals surface area contributed by atoms with Crippen LogP contribution < -0.4 is 15.8 Å². The third-order valence-electron chi connectivity index (χ3n) is 5.96. The predicted octanol–water partition coefficient (Wildman–Crippen LogP) is 0.707. The van der Waals surface area contributed by atoms with Crippen LogP contribution in [-0.2, 0) is 20.7 Å². The Morgan fingerprint density at radius 1 is 1.18 bits per heavy atom. The second-order valence-electron chi connectivity index (χ2n) is 8.16. The van der Waals surface area contributed by atoms with Gasteiger partial charge in [-0.25, -0.2) is 0 Å². The average Bonchev–Trinajstić information content (AvgIpc) is 3.31. The van der Waals surface area contributed by atoms with Crippen LogP contribution in [0.15, 0.2) is 24.3 Å². The normalized spacial score (nSPS) is 30.3. The molecule has 3 fully saturated rings. The van der Waals surface area contributed by atoms with Crippen LogP contribution in [0.25, 0.3) is 0 Å². The Hall–Kier alpha value is -1.96. The van der Waals surface area contributed by atoms with E-state index < -0.39 is 11.8 Å². The molecule has 3 N–H and O–H groups in total. The number of benzene rings is 1. The molecule has 0 aromatic heterocycles. The molecule has 152 valence electrons. The van der Waals surface area contributed by atoms with Crippen LogP contribution >= 0.6 is 0 Å². The van der Waals surface area contributed by atoms with Gasteiger partial charge in [0.05, 0.1) is 24.0 Å². The highest BCUT2D eigenvalue weighted by atomic mass is 16.5. The van der Waals surface area contributed by atoms with E-state index in [4.69, 9.17) is 15.2 Å². The van der Waals surface area contributed by atoms with E-state index in [0.29, 0.717) is 18.8 Å². The molecule has 0 radical (unpaired) electrons. The zero-order chi connectivity index (χ0) is 19.7. The Bertz CT molecular complexity index is 715. The molecule has 7 nitrogen and oxygen atoms in total. The van der Waals surface area contributed by atoms with Gasteiger partial charge in [-0.3, -0.25) is 9.59 Å². The largest absolute Gasteiger partial charge is 0.426 e. The number of piperazine rings is 1. The number of amides is 1. The second kappa shape index (κ2) is 8.19. The molecule has 1 unspecified atom stereocenters. The average molecular weight is 387 g/mol. The molecule has 7 heteroatoms. The van der Waals surface area contributed by atoms with Crippen molar-refractivity contribution in [3.63, 3.8) is 0 Å². The summed E-state index contributed by atoms with van der Waals surface area (Å²) in [6, 6.07) is 7.50. The number of carbonyl (C=O) groups excluding carboxylic acids is 2. The smallest absolute Gasteiger partial charge is 0.317 e. The van der Waals surface area contributed by atoms with Gasteiger partial charge in [0.1, 0.15) is 5.75 Å². The Balaban J connectivity index is 1.45. The first kappa shape index (κ1) is 19.4. The van der Waals surface area contributed by atoms with Gasteiger partial charge >= 0.3 is 5.97 Å². The zero-order valence-corrected chi connectivity index (χ0v) is 16.3. The predicted molar refractivity (Wildman–Crippen MR) is 104 cm³/mol. The monoisotopic (exact) mass is 387 g/mol. The number of esters is 1. The molecule has 3 aliphatic rings. The number of ether oxygens (including phenoxy) is 2. The maximum absolute atomic E-state index is 13.1. The van der Waals surface area contributed by atoms with Crippen molar-refractivity contribution in [2.24, 2.45) is 17.6 Å². The fraction of sp³-hybridized carbons (Fsp3) is 0.619. The summed E-state index contributed by atoms with van der Waals surface area (Å²) in [7, 11) is 0. The first-order valence-electron chi connectivity index (χ1n) is 10.2. The van der Waals surface area contributed by atoms with E-state index >= 15 is 0 Å². The second-order valence-corrected chi connectivity index (χ2v) is 8.16. The standard InChI is InChI=1S/C21H29N3O4/c1-13(22)12-14-2-4-15(5-3-14)27-21(26)19-17-7-6-16(28-17)18(19)20(25)24-10-8-23-9-11-24/h2-5,13,16-19,23H,6-12,22H2,1H3/t13?,16-,17+,18-,19+/m0/s1. The minimum Gasteiger partial charge on any atom is -0.426 e. The highest BCUT2D eigenvalue weighted by Gasteiger charge is 2.57. The lowest BCUT2D eigenvalue weighted by atomic mass is 9.78. The number of nitrogens with two attached hydrogens (primary N) is 1. The van der Waals surface area contributed by atoms with Crippen molar-refractivity contribution in [3.8, 4) is 5.75 Å². The highest BCUT2D eigenvalue weighted by molar-refractivity contribution is 5.88. The molecule has 0 aliphatic carbocycles. The van der Waals surface area contributed by atoms with Crippen LogP contribution in [0.5, 0.6) is 5.75 Å². The van der Waals surface area contributed by atoms with Crippen molar-refractivity contribution in [1.29, 1.82) is 0 Å². The first-order chi connectivity index (χ1) is 13.5. The number of hydrogen-bond acceptors (Lipinski definition) is 6. The van der Waals surface area contributed by atoms with Crippen molar-refractivity contribution in [2.75, 3.05) is 26.2 Å². The summed E-state index contributed by atoms with van der Waals surface area (Å²) >= 11 is 0. The molecular weight excluding hydrogens is 358 g/mol. The van der Waals surface area contributed by atoms with E-state index in [-0.39, 0.29) is 30.1 Å². The molecule has 4 rings (SSSR count). The number of nitrogens with zero attached hydrogens (tertiary/aromatic N) is 1. The Kier molecular flexibility index (Phi) is 5.66. The SMILES string of the molecule is CC(N)Cc1ccc(OC(=O)[C@H]2[C@@H](C(=O)N3CCNCC3)[C@@H]3CC[C@H]2O3)cc1. The van der Waals surface area contributed by atoms with Crippen molar-refractivity contribution < 1.29 is 19.1 Å². The fourth-order valence-electron chi connectivity index (χ4n) is 4.64. The third-order valence-corrected chi connectivity index (χ3v) is 5.96. The summed E-state index contributed by atoms with van der Waals surface area (Å²) in [5.41, 5.74) is 6.93. The molecule has 1 aromatic carbocycles. The van der Waals surface area contributed by atoms with Crippen LogP contribution in [-0.4, -0.2) is 61.2 Å². The summed E-state index contributed by atoms with van der Waals surface area (Å²) in [5.74, 6) is -0.787. The lowest BCUT2D eigenvalue weighted by Gasteiger charge is -2.33. The fourth-order valence-corrected chi connectivity index (χ4v) is 4.64. The first-order valence-corrected chi connectivity index (χ1v) is 10.2. The van der Waals surface area contributed by atoms with Crippen LogP contribution in [0.1, 0.15) is 25.3 Å². The summed E-state index contributed by atoms with van der Waals surface area (Å²) in [6.07, 6.45) is 2.03. The van der Waals surface area contributed by atoms with Gasteiger partial charge in [0, 0.05) is 32.2 Å². The summed E-state index contributed by atoms with van der Waals surface area (Å²) in [5, 5.41) is 3.25. The van der Waals surface area contributed by atoms with Gasteiger partial charge in [-0.15, -0.1) is 0 Å². The quantitative estimate of drug-likeness (QED) is 0.571. The number of hydrogen-bond donors (Lipinski definition) is 2. The molecular formula is C21H29N3O4. The molecule has 0 saturated carbocycles. The van der Waals surface area contributed by atoms with Crippen molar-refractivity contribution in [3.05, 3.63) is 29.8 Å². The summed E-state index contributed by atoms with van der Waals surface area (Å²) in [6.45, 7) is 4.89. The topological polar surface area (TPSA) is 93.9 Å². The molecule has 1 amide bonds. The lowest BCUT2D eigenvalue weighted by molar-refractivity contribution is -0.149. The van der Waals surface area contributed by atoms with Gasteiger partial charge in [-0.2, -0.15) is 0 Å². The molecule has 0 spiro atoms. The molecule has 3 saturated heterocycles.